The zero-order valence-electron chi connectivity index (χ0n) is 19.0. The van der Waals surface area contributed by atoms with Gasteiger partial charge in [-0.3, -0.25) is 0 Å². The Bertz CT molecular complexity index is 1830. The van der Waals surface area contributed by atoms with Crippen molar-refractivity contribution in [1.82, 2.24) is 4.98 Å². The number of oxazole rings is 1. The van der Waals surface area contributed by atoms with Crippen LogP contribution in [-0.2, 0) is 0 Å². The molecule has 2 nitrogen and oxygen atoms in total. The van der Waals surface area contributed by atoms with Crippen molar-refractivity contribution in [1.29, 1.82) is 0 Å². The van der Waals surface area contributed by atoms with Gasteiger partial charge >= 0.3 is 0 Å². The molecule has 164 valence electrons. The van der Waals surface area contributed by atoms with Gasteiger partial charge in [0.15, 0.2) is 5.58 Å². The fourth-order valence-electron chi connectivity index (χ4n) is 5.00. The van der Waals surface area contributed by atoms with E-state index in [0.717, 1.165) is 27.4 Å². The van der Waals surface area contributed by atoms with Crippen LogP contribution in [0.1, 0.15) is 0 Å². The molecule has 0 aliphatic heterocycles. The van der Waals surface area contributed by atoms with E-state index < -0.39 is 0 Å². The third kappa shape index (κ3) is 3.31. The lowest BCUT2D eigenvalue weighted by Crippen LogP contribution is -1.86. The van der Waals surface area contributed by atoms with E-state index in [0.29, 0.717) is 5.89 Å². The van der Waals surface area contributed by atoms with Crippen LogP contribution in [0.5, 0.6) is 0 Å². The van der Waals surface area contributed by atoms with Crippen LogP contribution in [0.3, 0.4) is 0 Å². The maximum absolute atomic E-state index is 6.40. The summed E-state index contributed by atoms with van der Waals surface area (Å²) in [5.74, 6) is 0.649. The predicted molar refractivity (Wildman–Crippen MR) is 145 cm³/mol. The molecule has 0 spiro atoms. The first-order valence-electron chi connectivity index (χ1n) is 11.8. The predicted octanol–water partition coefficient (Wildman–Crippen LogP) is 9.14. The van der Waals surface area contributed by atoms with Gasteiger partial charge in [0.2, 0.25) is 5.89 Å². The third-order valence-corrected chi connectivity index (χ3v) is 6.70. The number of nitrogens with zero attached hydrogens (tertiary/aromatic N) is 1. The van der Waals surface area contributed by atoms with E-state index in [9.17, 15) is 0 Å². The van der Waals surface area contributed by atoms with Crippen molar-refractivity contribution in [2.24, 2.45) is 0 Å². The molecular weight excluding hydrogens is 426 g/mol. The van der Waals surface area contributed by atoms with Gasteiger partial charge in [0.05, 0.1) is 0 Å². The number of rotatable bonds is 3. The fourth-order valence-corrected chi connectivity index (χ4v) is 5.00. The van der Waals surface area contributed by atoms with Crippen molar-refractivity contribution in [3.05, 3.63) is 127 Å². The highest BCUT2D eigenvalue weighted by molar-refractivity contribution is 6.18. The summed E-state index contributed by atoms with van der Waals surface area (Å²) in [6.45, 7) is 0. The maximum atomic E-state index is 6.40. The summed E-state index contributed by atoms with van der Waals surface area (Å²) < 4.78 is 6.40. The molecule has 2 heteroatoms. The summed E-state index contributed by atoms with van der Waals surface area (Å²) in [4.78, 5) is 4.81. The van der Waals surface area contributed by atoms with Gasteiger partial charge in [0.1, 0.15) is 5.52 Å². The number of hydrogen-bond donors (Lipinski definition) is 0. The van der Waals surface area contributed by atoms with Gasteiger partial charge in [-0.1, -0.05) is 103 Å². The summed E-state index contributed by atoms with van der Waals surface area (Å²) in [6, 6.07) is 44.5. The smallest absolute Gasteiger partial charge is 0.227 e. The van der Waals surface area contributed by atoms with E-state index >= 15 is 0 Å². The summed E-state index contributed by atoms with van der Waals surface area (Å²) in [5.41, 5.74) is 7.53. The molecule has 35 heavy (non-hydrogen) atoms. The maximum Gasteiger partial charge on any atom is 0.227 e. The van der Waals surface area contributed by atoms with Crippen LogP contribution in [0.25, 0.3) is 66.4 Å². The van der Waals surface area contributed by atoms with Crippen molar-refractivity contribution >= 4 is 32.6 Å². The first kappa shape index (κ1) is 19.7. The van der Waals surface area contributed by atoms with E-state index in [4.69, 9.17) is 9.40 Å². The van der Waals surface area contributed by atoms with Crippen LogP contribution < -0.4 is 0 Å². The van der Waals surface area contributed by atoms with Crippen molar-refractivity contribution in [3.8, 4) is 33.7 Å². The van der Waals surface area contributed by atoms with Crippen molar-refractivity contribution in [2.75, 3.05) is 0 Å². The standard InChI is InChI=1S/C33H21NO/c1-3-9-22(10-4-1)27-13-7-8-14-28(27)26-18-16-23-15-17-24-19-20-30-32(31(24)29(23)21-26)35-33(34-30)25-11-5-2-6-12-25/h1-21H. The molecule has 0 unspecified atom stereocenters. The highest BCUT2D eigenvalue weighted by Gasteiger charge is 2.14. The Labute approximate surface area is 203 Å². The molecule has 0 N–H and O–H groups in total. The lowest BCUT2D eigenvalue weighted by atomic mass is 9.92. The lowest BCUT2D eigenvalue weighted by Gasteiger charge is -2.12. The van der Waals surface area contributed by atoms with E-state index in [2.05, 4.69) is 91.0 Å². The van der Waals surface area contributed by atoms with Gasteiger partial charge < -0.3 is 4.42 Å². The van der Waals surface area contributed by atoms with Crippen LogP contribution >= 0.6 is 0 Å². The summed E-state index contributed by atoms with van der Waals surface area (Å²) in [7, 11) is 0. The minimum atomic E-state index is 0.649. The fraction of sp³-hybridized carbons (Fsp3) is 0. The molecule has 7 rings (SSSR count). The van der Waals surface area contributed by atoms with Gasteiger partial charge in [-0.05, 0) is 62.7 Å². The van der Waals surface area contributed by atoms with Gasteiger partial charge in [0.25, 0.3) is 0 Å². The Morgan fingerprint density at radius 3 is 1.86 bits per heavy atom. The van der Waals surface area contributed by atoms with Gasteiger partial charge in [-0.15, -0.1) is 0 Å². The molecule has 7 aromatic rings. The second kappa shape index (κ2) is 7.96. The molecule has 6 aromatic carbocycles. The highest BCUT2D eigenvalue weighted by Crippen LogP contribution is 2.38. The van der Waals surface area contributed by atoms with Gasteiger partial charge in [-0.25, -0.2) is 4.98 Å². The SMILES string of the molecule is c1ccc(-c2nc3ccc4ccc5ccc(-c6ccccc6-c6ccccc6)cc5c4c3o2)cc1. The van der Waals surface area contributed by atoms with E-state index in [1.807, 2.05) is 36.4 Å². The minimum absolute atomic E-state index is 0.649. The topological polar surface area (TPSA) is 26.0 Å². The zero-order chi connectivity index (χ0) is 23.2. The lowest BCUT2D eigenvalue weighted by molar-refractivity contribution is 0.623. The monoisotopic (exact) mass is 447 g/mol. The Kier molecular flexibility index (Phi) is 4.49. The van der Waals surface area contributed by atoms with Crippen LogP contribution in [0.15, 0.2) is 132 Å². The van der Waals surface area contributed by atoms with Crippen LogP contribution in [0.4, 0.5) is 0 Å². The zero-order valence-corrected chi connectivity index (χ0v) is 19.0. The third-order valence-electron chi connectivity index (χ3n) is 6.70. The quantitative estimate of drug-likeness (QED) is 0.252. The molecule has 0 bridgehead atoms. The molecule has 0 aliphatic carbocycles. The Balaban J connectivity index is 1.49. The molecule has 1 heterocycles. The number of hydrogen-bond acceptors (Lipinski definition) is 2. The Morgan fingerprint density at radius 1 is 0.486 bits per heavy atom. The molecule has 0 saturated carbocycles. The van der Waals surface area contributed by atoms with Crippen LogP contribution in [-0.4, -0.2) is 4.98 Å². The molecule has 0 fully saturated rings. The molecule has 1 aromatic heterocycles. The van der Waals surface area contributed by atoms with Crippen molar-refractivity contribution in [2.45, 2.75) is 0 Å². The molecule has 0 radical (unpaired) electrons. The summed E-state index contributed by atoms with van der Waals surface area (Å²) >= 11 is 0. The first-order valence-corrected chi connectivity index (χ1v) is 11.8. The molecule has 0 saturated heterocycles. The number of fused-ring (bicyclic) bond motifs is 5. The second-order valence-corrected chi connectivity index (χ2v) is 8.81. The summed E-state index contributed by atoms with van der Waals surface area (Å²) in [6.07, 6.45) is 0. The molecule has 0 aliphatic rings. The van der Waals surface area contributed by atoms with E-state index in [1.54, 1.807) is 0 Å². The van der Waals surface area contributed by atoms with Crippen molar-refractivity contribution in [3.63, 3.8) is 0 Å². The van der Waals surface area contributed by atoms with E-state index in [1.165, 1.54) is 33.0 Å². The Hall–Kier alpha value is -4.69. The normalized spacial score (nSPS) is 11.4. The molecule has 0 atom stereocenters. The largest absolute Gasteiger partial charge is 0.435 e. The van der Waals surface area contributed by atoms with Crippen LogP contribution in [0, 0.1) is 0 Å². The summed E-state index contributed by atoms with van der Waals surface area (Å²) in [5, 5.41) is 4.61. The van der Waals surface area contributed by atoms with E-state index in [-0.39, 0.29) is 0 Å². The first-order chi connectivity index (χ1) is 17.3. The highest BCUT2D eigenvalue weighted by atomic mass is 16.3. The number of aromatic nitrogens is 1. The van der Waals surface area contributed by atoms with Gasteiger partial charge in [0, 0.05) is 10.9 Å². The minimum Gasteiger partial charge on any atom is -0.435 e. The van der Waals surface area contributed by atoms with Gasteiger partial charge in [-0.2, -0.15) is 0 Å². The Morgan fingerprint density at radius 2 is 1.09 bits per heavy atom. The average molecular weight is 448 g/mol. The average Bonchev–Trinajstić information content (AvgIpc) is 3.38. The molecule has 0 amide bonds. The number of benzene rings is 6. The van der Waals surface area contributed by atoms with Crippen molar-refractivity contribution < 1.29 is 4.42 Å². The molecular formula is C33H21NO. The van der Waals surface area contributed by atoms with Crippen LogP contribution in [0.2, 0.25) is 0 Å². The second-order valence-electron chi connectivity index (χ2n) is 8.81.